The minimum absolute atomic E-state index is 0.188. The Hall–Kier alpha value is -1.49. The Balaban J connectivity index is 2.85. The van der Waals surface area contributed by atoms with Crippen LogP contribution in [0, 0.1) is 0 Å². The Morgan fingerprint density at radius 3 is 2.31 bits per heavy atom. The van der Waals surface area contributed by atoms with Crippen LogP contribution in [0.1, 0.15) is 11.7 Å². The van der Waals surface area contributed by atoms with Crippen molar-refractivity contribution in [2.45, 2.75) is 6.10 Å². The van der Waals surface area contributed by atoms with E-state index >= 15 is 0 Å². The number of carbonyl (C=O) groups excluding carboxylic acids is 1. The molecule has 0 unspecified atom stereocenters. The molecule has 0 heterocycles. The van der Waals surface area contributed by atoms with E-state index in [1.807, 2.05) is 0 Å². The van der Waals surface area contributed by atoms with Crippen LogP contribution in [-0.2, 0) is 14.7 Å². The molecule has 0 aromatic heterocycles. The molecule has 1 aromatic rings. The van der Waals surface area contributed by atoms with Gasteiger partial charge in [-0.3, -0.25) is 4.94 Å². The Morgan fingerprint density at radius 2 is 1.85 bits per heavy atom. The van der Waals surface area contributed by atoms with Crippen LogP contribution >= 0.6 is 0 Å². The molecular weight excluding hydrogens is 182 g/mol. The summed E-state index contributed by atoms with van der Waals surface area (Å²) in [4.78, 5) is 16.7. The quantitative estimate of drug-likeness (QED) is 0.728. The van der Waals surface area contributed by atoms with Crippen molar-refractivity contribution in [2.24, 2.45) is 0 Å². The fourth-order valence-corrected chi connectivity index (χ4v) is 0.892. The predicted octanol–water partition coefficient (Wildman–Crippen LogP) is 2.06. The van der Waals surface area contributed by atoms with Crippen molar-refractivity contribution >= 4 is 5.97 Å². The molecule has 1 aromatic carbocycles. The first-order chi connectivity index (χ1) is 6.29. The molecule has 0 fully saturated rings. The van der Waals surface area contributed by atoms with Gasteiger partial charge < -0.3 is 0 Å². The van der Waals surface area contributed by atoms with E-state index in [1.165, 1.54) is 12.1 Å². The van der Waals surface area contributed by atoms with Gasteiger partial charge in [0, 0.05) is 4.53 Å². The fraction of sp³-hybridized carbons (Fsp3) is 0.125. The van der Waals surface area contributed by atoms with Gasteiger partial charge in [0.25, 0.3) is 0 Å². The van der Waals surface area contributed by atoms with E-state index in [2.05, 4.69) is 9.88 Å². The van der Waals surface area contributed by atoms with Gasteiger partial charge in [-0.15, -0.1) is 0 Å². The van der Waals surface area contributed by atoms with Gasteiger partial charge in [-0.2, -0.15) is 4.94 Å². The maximum Gasteiger partial charge on any atom is 0.385 e. The minimum atomic E-state index is -1.66. The number of carbonyl (C=O) groups is 1. The van der Waals surface area contributed by atoms with E-state index in [-0.39, 0.29) is 5.56 Å². The number of hydrogen-bond donors (Lipinski definition) is 0. The molecule has 70 valence electrons. The van der Waals surface area contributed by atoms with Crippen molar-refractivity contribution in [1.82, 2.24) is 0 Å². The van der Waals surface area contributed by atoms with Crippen molar-refractivity contribution < 1.29 is 23.7 Å². The summed E-state index contributed by atoms with van der Waals surface area (Å²) in [5.74, 6) is -1.42. The number of rotatable bonds is 3. The zero-order chi connectivity index (χ0) is 9.68. The lowest BCUT2D eigenvalue weighted by molar-refractivity contribution is -0.231. The Labute approximate surface area is 72.7 Å². The molecule has 0 aliphatic heterocycles. The van der Waals surface area contributed by atoms with E-state index in [4.69, 9.17) is 0 Å². The topological polar surface area (TPSA) is 35.5 Å². The lowest BCUT2D eigenvalue weighted by atomic mass is 10.1. The standard InChI is InChI=1S/C8H6F2O3/c9-12-7(8(11)13-10)6-4-2-1-3-5-6/h1-5,7H/t7-/m1/s1. The summed E-state index contributed by atoms with van der Waals surface area (Å²) in [6.07, 6.45) is -1.66. The summed E-state index contributed by atoms with van der Waals surface area (Å²) in [6.45, 7) is 0. The summed E-state index contributed by atoms with van der Waals surface area (Å²) in [5.41, 5.74) is 0.188. The third-order valence-electron chi connectivity index (χ3n) is 1.48. The molecular formula is C8H6F2O3. The maximum absolute atomic E-state index is 11.8. The summed E-state index contributed by atoms with van der Waals surface area (Å²) in [7, 11) is 0. The monoisotopic (exact) mass is 188 g/mol. The van der Waals surface area contributed by atoms with Crippen LogP contribution in [0.4, 0.5) is 9.05 Å². The van der Waals surface area contributed by atoms with Crippen LogP contribution in [0.15, 0.2) is 30.3 Å². The van der Waals surface area contributed by atoms with Gasteiger partial charge in [-0.1, -0.05) is 30.3 Å². The van der Waals surface area contributed by atoms with E-state index < -0.39 is 12.1 Å². The van der Waals surface area contributed by atoms with Crippen LogP contribution in [0.25, 0.3) is 0 Å². The molecule has 0 amide bonds. The highest BCUT2D eigenvalue weighted by atomic mass is 19.3. The Morgan fingerprint density at radius 1 is 1.23 bits per heavy atom. The van der Waals surface area contributed by atoms with Crippen molar-refractivity contribution in [1.29, 1.82) is 0 Å². The Kier molecular flexibility index (Phi) is 3.33. The van der Waals surface area contributed by atoms with Gasteiger partial charge in [0.15, 0.2) is 0 Å². The second kappa shape index (κ2) is 4.51. The van der Waals surface area contributed by atoms with Crippen molar-refractivity contribution in [3.63, 3.8) is 0 Å². The summed E-state index contributed by atoms with van der Waals surface area (Å²) in [6, 6.07) is 7.63. The molecule has 0 radical (unpaired) electrons. The zero-order valence-electron chi connectivity index (χ0n) is 6.44. The number of benzene rings is 1. The van der Waals surface area contributed by atoms with Gasteiger partial charge >= 0.3 is 5.97 Å². The third-order valence-corrected chi connectivity index (χ3v) is 1.48. The molecule has 1 rings (SSSR count). The largest absolute Gasteiger partial charge is 0.385 e. The summed E-state index contributed by atoms with van der Waals surface area (Å²) < 4.78 is 23.2. The van der Waals surface area contributed by atoms with E-state index in [0.717, 1.165) is 0 Å². The van der Waals surface area contributed by atoms with E-state index in [0.29, 0.717) is 0 Å². The molecule has 5 heteroatoms. The first-order valence-corrected chi connectivity index (χ1v) is 3.44. The highest BCUT2D eigenvalue weighted by Gasteiger charge is 2.24. The van der Waals surface area contributed by atoms with Crippen molar-refractivity contribution in [3.05, 3.63) is 35.9 Å². The maximum atomic E-state index is 11.8. The molecule has 0 saturated carbocycles. The smallest absolute Gasteiger partial charge is 0.251 e. The minimum Gasteiger partial charge on any atom is -0.251 e. The second-order valence-electron chi connectivity index (χ2n) is 2.28. The lowest BCUT2D eigenvalue weighted by Gasteiger charge is -2.06. The fourth-order valence-electron chi connectivity index (χ4n) is 0.892. The molecule has 1 atom stereocenters. The van der Waals surface area contributed by atoms with Gasteiger partial charge in [0.1, 0.15) is 0 Å². The van der Waals surface area contributed by atoms with Crippen LogP contribution in [0.5, 0.6) is 0 Å². The normalized spacial score (nSPS) is 12.2. The summed E-state index contributed by atoms with van der Waals surface area (Å²) in [5, 5.41) is 0. The molecule has 0 aliphatic carbocycles. The highest BCUT2D eigenvalue weighted by molar-refractivity contribution is 5.75. The number of halogens is 2. The molecule has 0 aliphatic rings. The molecule has 0 spiro atoms. The van der Waals surface area contributed by atoms with Gasteiger partial charge in [-0.25, -0.2) is 4.79 Å². The van der Waals surface area contributed by atoms with E-state index in [1.54, 1.807) is 18.2 Å². The molecule has 0 N–H and O–H groups in total. The lowest BCUT2D eigenvalue weighted by Crippen LogP contribution is -2.13. The first kappa shape index (κ1) is 9.60. The van der Waals surface area contributed by atoms with Gasteiger partial charge in [-0.05, 0) is 10.1 Å². The first-order valence-electron chi connectivity index (χ1n) is 3.44. The average molecular weight is 188 g/mol. The van der Waals surface area contributed by atoms with Gasteiger partial charge in [0.05, 0.1) is 0 Å². The molecule has 0 saturated heterocycles. The van der Waals surface area contributed by atoms with Crippen molar-refractivity contribution in [3.8, 4) is 0 Å². The van der Waals surface area contributed by atoms with Crippen LogP contribution in [-0.4, -0.2) is 5.97 Å². The van der Waals surface area contributed by atoms with E-state index in [9.17, 15) is 13.8 Å². The van der Waals surface area contributed by atoms with Crippen LogP contribution in [0.2, 0.25) is 0 Å². The summed E-state index contributed by atoms with van der Waals surface area (Å²) >= 11 is 0. The average Bonchev–Trinajstić information content (AvgIpc) is 2.20. The third kappa shape index (κ3) is 2.22. The molecule has 13 heavy (non-hydrogen) atoms. The molecule has 0 bridgehead atoms. The zero-order valence-corrected chi connectivity index (χ0v) is 6.44. The predicted molar refractivity (Wildman–Crippen MR) is 38.6 cm³/mol. The second-order valence-corrected chi connectivity index (χ2v) is 2.28. The number of hydrogen-bond acceptors (Lipinski definition) is 3. The molecule has 3 nitrogen and oxygen atoms in total. The Bertz CT molecular complexity index is 276. The SMILES string of the molecule is O=C(OF)[C@H](OF)c1ccccc1. The van der Waals surface area contributed by atoms with Gasteiger partial charge in [0.2, 0.25) is 6.10 Å². The van der Waals surface area contributed by atoms with Crippen LogP contribution < -0.4 is 0 Å². The van der Waals surface area contributed by atoms with Crippen molar-refractivity contribution in [2.75, 3.05) is 0 Å². The highest BCUT2D eigenvalue weighted by Crippen LogP contribution is 2.18. The van der Waals surface area contributed by atoms with Crippen LogP contribution in [0.3, 0.4) is 0 Å².